The Morgan fingerprint density at radius 3 is 2.70 bits per heavy atom. The summed E-state index contributed by atoms with van der Waals surface area (Å²) >= 11 is 0. The van der Waals surface area contributed by atoms with Crippen molar-refractivity contribution in [1.29, 1.82) is 0 Å². The van der Waals surface area contributed by atoms with Crippen molar-refractivity contribution in [3.8, 4) is 0 Å². The smallest absolute Gasteiger partial charge is 0.195 e. The van der Waals surface area contributed by atoms with Crippen molar-refractivity contribution in [1.82, 2.24) is 10.3 Å². The molecule has 1 saturated carbocycles. The second kappa shape index (κ2) is 9.14. The molecule has 1 heterocycles. The number of rotatable bonds is 7. The van der Waals surface area contributed by atoms with Gasteiger partial charge in [-0.15, -0.1) is 0 Å². The van der Waals surface area contributed by atoms with Crippen LogP contribution in [0.4, 0.5) is 0 Å². The molecular formula is C16H28N2O2. The van der Waals surface area contributed by atoms with Crippen LogP contribution in [0.5, 0.6) is 0 Å². The van der Waals surface area contributed by atoms with Crippen LogP contribution in [0.3, 0.4) is 0 Å². The van der Waals surface area contributed by atoms with Crippen molar-refractivity contribution in [2.45, 2.75) is 57.3 Å². The lowest BCUT2D eigenvalue weighted by Gasteiger charge is -2.16. The predicted octanol–water partition coefficient (Wildman–Crippen LogP) is 3.28. The Balaban J connectivity index is 1.75. The molecule has 0 spiro atoms. The van der Waals surface area contributed by atoms with E-state index in [0.29, 0.717) is 5.92 Å². The third-order valence-corrected chi connectivity index (χ3v) is 4.08. The van der Waals surface area contributed by atoms with E-state index in [9.17, 15) is 0 Å². The van der Waals surface area contributed by atoms with E-state index in [0.717, 1.165) is 37.8 Å². The summed E-state index contributed by atoms with van der Waals surface area (Å²) in [5.41, 5.74) is 0. The summed E-state index contributed by atoms with van der Waals surface area (Å²) in [6, 6.07) is 0. The first-order valence-electron chi connectivity index (χ1n) is 8.04. The monoisotopic (exact) mass is 280 g/mol. The van der Waals surface area contributed by atoms with E-state index in [1.165, 1.54) is 44.9 Å². The maximum Gasteiger partial charge on any atom is 0.195 e. The molecule has 1 aromatic heterocycles. The van der Waals surface area contributed by atoms with Gasteiger partial charge in [0.2, 0.25) is 0 Å². The summed E-state index contributed by atoms with van der Waals surface area (Å²) in [6.07, 6.45) is 12.2. The molecule has 1 fully saturated rings. The Morgan fingerprint density at radius 1 is 1.20 bits per heavy atom. The van der Waals surface area contributed by atoms with Gasteiger partial charge < -0.3 is 14.5 Å². The highest BCUT2D eigenvalue weighted by atomic mass is 16.5. The Labute approximate surface area is 122 Å². The van der Waals surface area contributed by atoms with Crippen molar-refractivity contribution in [2.75, 3.05) is 26.8 Å². The van der Waals surface area contributed by atoms with Crippen LogP contribution in [0.1, 0.15) is 62.5 Å². The summed E-state index contributed by atoms with van der Waals surface area (Å²) < 4.78 is 10.9. The number of nitrogens with one attached hydrogen (secondary N) is 1. The normalized spacial score (nSPS) is 17.9. The number of nitrogens with zero attached hydrogens (tertiary/aromatic N) is 1. The summed E-state index contributed by atoms with van der Waals surface area (Å²) in [5, 5.41) is 3.32. The van der Waals surface area contributed by atoms with Crippen LogP contribution >= 0.6 is 0 Å². The van der Waals surface area contributed by atoms with E-state index in [4.69, 9.17) is 9.15 Å². The van der Waals surface area contributed by atoms with E-state index in [-0.39, 0.29) is 0 Å². The lowest BCUT2D eigenvalue weighted by molar-refractivity contribution is 0.199. The van der Waals surface area contributed by atoms with Crippen LogP contribution in [0.15, 0.2) is 10.6 Å². The van der Waals surface area contributed by atoms with Crippen molar-refractivity contribution in [2.24, 2.45) is 0 Å². The Morgan fingerprint density at radius 2 is 1.95 bits per heavy atom. The van der Waals surface area contributed by atoms with Crippen LogP contribution in [0, 0.1) is 0 Å². The van der Waals surface area contributed by atoms with E-state index in [1.807, 2.05) is 6.20 Å². The average Bonchev–Trinajstić information content (AvgIpc) is 2.87. The molecule has 0 atom stereocenters. The Bertz CT molecular complexity index is 357. The SMILES string of the molecule is COCCNCCc1ncc(C2CCCCCCC2)o1. The molecule has 114 valence electrons. The summed E-state index contributed by atoms with van der Waals surface area (Å²) in [4.78, 5) is 4.43. The first-order chi connectivity index (χ1) is 9.90. The quantitative estimate of drug-likeness (QED) is 0.779. The third kappa shape index (κ3) is 5.25. The summed E-state index contributed by atoms with van der Waals surface area (Å²) in [5.74, 6) is 2.57. The van der Waals surface area contributed by atoms with Crippen LogP contribution < -0.4 is 5.32 Å². The van der Waals surface area contributed by atoms with Gasteiger partial charge in [-0.3, -0.25) is 0 Å². The number of oxazole rings is 1. The van der Waals surface area contributed by atoms with E-state index < -0.39 is 0 Å². The van der Waals surface area contributed by atoms with Crippen molar-refractivity contribution in [3.63, 3.8) is 0 Å². The lowest BCUT2D eigenvalue weighted by Crippen LogP contribution is -2.21. The van der Waals surface area contributed by atoms with Gasteiger partial charge in [0, 0.05) is 32.5 Å². The molecule has 0 bridgehead atoms. The van der Waals surface area contributed by atoms with Gasteiger partial charge in [0.05, 0.1) is 12.8 Å². The Hall–Kier alpha value is -0.870. The van der Waals surface area contributed by atoms with Gasteiger partial charge in [-0.2, -0.15) is 0 Å². The maximum atomic E-state index is 5.94. The largest absolute Gasteiger partial charge is 0.445 e. The maximum absolute atomic E-state index is 5.94. The van der Waals surface area contributed by atoms with Gasteiger partial charge in [0.1, 0.15) is 5.76 Å². The molecular weight excluding hydrogens is 252 g/mol. The molecule has 1 aromatic rings. The highest BCUT2D eigenvalue weighted by Gasteiger charge is 2.17. The minimum atomic E-state index is 0.595. The molecule has 2 rings (SSSR count). The lowest BCUT2D eigenvalue weighted by atomic mass is 9.90. The number of hydrogen-bond donors (Lipinski definition) is 1. The van der Waals surface area contributed by atoms with Crippen LogP contribution in [-0.2, 0) is 11.2 Å². The van der Waals surface area contributed by atoms with Crippen LogP contribution in [0.2, 0.25) is 0 Å². The number of ether oxygens (including phenoxy) is 1. The average molecular weight is 280 g/mol. The molecule has 0 saturated heterocycles. The van der Waals surface area contributed by atoms with Gasteiger partial charge in [0.25, 0.3) is 0 Å². The van der Waals surface area contributed by atoms with Crippen molar-refractivity contribution >= 4 is 0 Å². The predicted molar refractivity (Wildman–Crippen MR) is 80.0 cm³/mol. The molecule has 0 aliphatic heterocycles. The number of methoxy groups -OCH3 is 1. The third-order valence-electron chi connectivity index (χ3n) is 4.08. The zero-order valence-corrected chi connectivity index (χ0v) is 12.7. The topological polar surface area (TPSA) is 47.3 Å². The molecule has 0 amide bonds. The second-order valence-electron chi connectivity index (χ2n) is 5.69. The van der Waals surface area contributed by atoms with Gasteiger partial charge in [-0.05, 0) is 12.8 Å². The molecule has 1 aliphatic rings. The van der Waals surface area contributed by atoms with Gasteiger partial charge >= 0.3 is 0 Å². The number of hydrogen-bond acceptors (Lipinski definition) is 4. The molecule has 1 N–H and O–H groups in total. The van der Waals surface area contributed by atoms with E-state index in [1.54, 1.807) is 7.11 Å². The second-order valence-corrected chi connectivity index (χ2v) is 5.69. The number of aromatic nitrogens is 1. The fraction of sp³-hybridized carbons (Fsp3) is 0.812. The van der Waals surface area contributed by atoms with E-state index >= 15 is 0 Å². The van der Waals surface area contributed by atoms with Crippen molar-refractivity contribution < 1.29 is 9.15 Å². The molecule has 0 unspecified atom stereocenters. The minimum absolute atomic E-state index is 0.595. The zero-order valence-electron chi connectivity index (χ0n) is 12.7. The standard InChI is InChI=1S/C16H28N2O2/c1-19-12-11-17-10-9-16-18-13-15(20-16)14-7-5-3-2-4-6-8-14/h13-14,17H,2-12H2,1H3. The fourth-order valence-corrected chi connectivity index (χ4v) is 2.86. The van der Waals surface area contributed by atoms with Gasteiger partial charge in [-0.1, -0.05) is 32.1 Å². The van der Waals surface area contributed by atoms with E-state index in [2.05, 4.69) is 10.3 Å². The summed E-state index contributed by atoms with van der Waals surface area (Å²) in [7, 11) is 1.72. The van der Waals surface area contributed by atoms with Crippen molar-refractivity contribution in [3.05, 3.63) is 17.8 Å². The molecule has 4 nitrogen and oxygen atoms in total. The Kier molecular flexibility index (Phi) is 7.09. The highest BCUT2D eigenvalue weighted by molar-refractivity contribution is 5.02. The molecule has 1 aliphatic carbocycles. The van der Waals surface area contributed by atoms with Crippen LogP contribution in [-0.4, -0.2) is 31.8 Å². The van der Waals surface area contributed by atoms with Crippen LogP contribution in [0.25, 0.3) is 0 Å². The first-order valence-corrected chi connectivity index (χ1v) is 8.04. The zero-order chi connectivity index (χ0) is 14.0. The molecule has 0 radical (unpaired) electrons. The van der Waals surface area contributed by atoms with Gasteiger partial charge in [0.15, 0.2) is 5.89 Å². The summed E-state index contributed by atoms with van der Waals surface area (Å²) in [6.45, 7) is 2.53. The molecule has 0 aromatic carbocycles. The highest BCUT2D eigenvalue weighted by Crippen LogP contribution is 2.31. The minimum Gasteiger partial charge on any atom is -0.445 e. The fourth-order valence-electron chi connectivity index (χ4n) is 2.86. The molecule has 20 heavy (non-hydrogen) atoms. The van der Waals surface area contributed by atoms with Gasteiger partial charge in [-0.25, -0.2) is 4.98 Å². The first kappa shape index (κ1) is 15.5. The molecule has 4 heteroatoms.